The standard InChI is InChI=1S/C4H6NO.3C2H6O.Ti/c1-2-3-5-4-6;3*1-2-3;/h1-3H2;3*3H,2H2,1H3;/q-1;;;;. The van der Waals surface area contributed by atoms with Crippen molar-refractivity contribution >= 4 is 6.08 Å². The number of aliphatic imine (C=N–C) groups is 1. The molecular weight excluding hydrogens is 246 g/mol. The van der Waals surface area contributed by atoms with Gasteiger partial charge in [0.15, 0.2) is 0 Å². The van der Waals surface area contributed by atoms with Crippen molar-refractivity contribution in [3.63, 3.8) is 0 Å². The predicted molar refractivity (Wildman–Crippen MR) is 61.2 cm³/mol. The van der Waals surface area contributed by atoms with Crippen LogP contribution >= 0.6 is 0 Å². The molecule has 0 aliphatic rings. The van der Waals surface area contributed by atoms with E-state index in [1.165, 1.54) is 6.08 Å². The summed E-state index contributed by atoms with van der Waals surface area (Å²) in [6, 6.07) is 0. The SMILES string of the molecule is CCO.CCO.CCO.[CH2-]CCN=C=O.[Ti]. The van der Waals surface area contributed by atoms with Gasteiger partial charge in [-0.1, -0.05) is 0 Å². The zero-order chi connectivity index (χ0) is 12.9. The van der Waals surface area contributed by atoms with Crippen LogP contribution in [0.4, 0.5) is 0 Å². The van der Waals surface area contributed by atoms with Crippen LogP contribution in [0.2, 0.25) is 0 Å². The first-order valence-corrected chi connectivity index (χ1v) is 4.81. The monoisotopic (exact) mass is 270 g/mol. The molecule has 0 aromatic heterocycles. The van der Waals surface area contributed by atoms with Crippen LogP contribution in [0.1, 0.15) is 27.2 Å². The van der Waals surface area contributed by atoms with Gasteiger partial charge < -0.3 is 22.2 Å². The predicted octanol–water partition coefficient (Wildman–Crippen LogP) is 0.540. The number of hydrogen-bond donors (Lipinski definition) is 3. The van der Waals surface area contributed by atoms with Gasteiger partial charge in [-0.3, -0.25) is 0 Å². The van der Waals surface area contributed by atoms with E-state index in [2.05, 4.69) is 11.9 Å². The normalized spacial score (nSPS) is 5.94. The van der Waals surface area contributed by atoms with Gasteiger partial charge in [-0.25, -0.2) is 9.79 Å². The second-order valence-corrected chi connectivity index (χ2v) is 1.78. The van der Waals surface area contributed by atoms with Gasteiger partial charge in [0.2, 0.25) is 6.08 Å². The van der Waals surface area contributed by atoms with Crippen LogP contribution < -0.4 is 0 Å². The smallest absolute Gasteiger partial charge is 0.234 e. The van der Waals surface area contributed by atoms with Crippen LogP contribution in [0, 0.1) is 6.92 Å². The molecule has 0 aromatic rings. The second kappa shape index (κ2) is 60.1. The van der Waals surface area contributed by atoms with E-state index in [0.29, 0.717) is 13.0 Å². The molecule has 0 amide bonds. The minimum absolute atomic E-state index is 0. The Labute approximate surface area is 113 Å². The summed E-state index contributed by atoms with van der Waals surface area (Å²) in [5, 5.41) is 22.7. The topological polar surface area (TPSA) is 90.1 Å². The fourth-order valence-electron chi connectivity index (χ4n) is 0.125. The fraction of sp³-hybridized carbons (Fsp3) is 0.800. The molecule has 0 saturated heterocycles. The van der Waals surface area contributed by atoms with E-state index in [0.717, 1.165) is 0 Å². The quantitative estimate of drug-likeness (QED) is 0.295. The molecule has 0 fully saturated rings. The summed E-state index contributed by atoms with van der Waals surface area (Å²) < 4.78 is 0. The van der Waals surface area contributed by atoms with Gasteiger partial charge in [0.05, 0.1) is 0 Å². The molecule has 3 N–H and O–H groups in total. The molecule has 0 unspecified atom stereocenters. The summed E-state index contributed by atoms with van der Waals surface area (Å²) in [4.78, 5) is 12.5. The number of rotatable bonds is 2. The van der Waals surface area contributed by atoms with E-state index in [-0.39, 0.29) is 41.5 Å². The third kappa shape index (κ3) is 266. The van der Waals surface area contributed by atoms with Crippen LogP contribution in [0.3, 0.4) is 0 Å². The van der Waals surface area contributed by atoms with Crippen molar-refractivity contribution in [3.8, 4) is 0 Å². The van der Waals surface area contributed by atoms with Crippen molar-refractivity contribution in [2.75, 3.05) is 26.4 Å². The van der Waals surface area contributed by atoms with Gasteiger partial charge in [-0.05, 0) is 20.8 Å². The molecule has 0 spiro atoms. The van der Waals surface area contributed by atoms with Crippen LogP contribution in [-0.4, -0.2) is 47.8 Å². The van der Waals surface area contributed by atoms with E-state index < -0.39 is 0 Å². The van der Waals surface area contributed by atoms with E-state index in [1.54, 1.807) is 20.8 Å². The van der Waals surface area contributed by atoms with Gasteiger partial charge >= 0.3 is 0 Å². The Morgan fingerprint density at radius 2 is 1.31 bits per heavy atom. The van der Waals surface area contributed by atoms with Crippen LogP contribution in [0.5, 0.6) is 0 Å². The first-order valence-electron chi connectivity index (χ1n) is 4.81. The van der Waals surface area contributed by atoms with Gasteiger partial charge in [0.25, 0.3) is 0 Å². The van der Waals surface area contributed by atoms with Crippen molar-refractivity contribution in [2.24, 2.45) is 4.99 Å². The summed E-state index contributed by atoms with van der Waals surface area (Å²) >= 11 is 0. The second-order valence-electron chi connectivity index (χ2n) is 1.78. The molecule has 0 radical (unpaired) electrons. The van der Waals surface area contributed by atoms with Crippen molar-refractivity contribution in [1.29, 1.82) is 0 Å². The van der Waals surface area contributed by atoms with Crippen molar-refractivity contribution < 1.29 is 41.8 Å². The maximum absolute atomic E-state index is 9.24. The molecule has 0 heterocycles. The minimum Gasteiger partial charge on any atom is -0.397 e. The van der Waals surface area contributed by atoms with Crippen molar-refractivity contribution in [1.82, 2.24) is 0 Å². The third-order valence-corrected chi connectivity index (χ3v) is 0.334. The molecule has 0 saturated carbocycles. The summed E-state index contributed by atoms with van der Waals surface area (Å²) in [7, 11) is 0. The number of nitrogens with zero attached hydrogens (tertiary/aromatic N) is 1. The van der Waals surface area contributed by atoms with Crippen LogP contribution in [0.15, 0.2) is 4.99 Å². The molecule has 6 heteroatoms. The maximum Gasteiger partial charge on any atom is 0.234 e. The van der Waals surface area contributed by atoms with Gasteiger partial charge in [-0.15, -0.1) is 0 Å². The first kappa shape index (κ1) is 29.7. The summed E-state index contributed by atoms with van der Waals surface area (Å²) in [5.74, 6) is 0. The average molecular weight is 270 g/mol. The molecular formula is C10H24NO4Ti-. The van der Waals surface area contributed by atoms with Crippen molar-refractivity contribution in [2.45, 2.75) is 27.2 Å². The van der Waals surface area contributed by atoms with E-state index in [4.69, 9.17) is 15.3 Å². The number of aliphatic hydroxyl groups is 3. The van der Waals surface area contributed by atoms with Gasteiger partial charge in [0, 0.05) is 48.1 Å². The Kier molecular flexibility index (Phi) is 112. The largest absolute Gasteiger partial charge is 0.397 e. The van der Waals surface area contributed by atoms with Crippen LogP contribution in [0.25, 0.3) is 0 Å². The van der Waals surface area contributed by atoms with Crippen LogP contribution in [-0.2, 0) is 26.5 Å². The molecule has 0 rings (SSSR count). The van der Waals surface area contributed by atoms with E-state index in [9.17, 15) is 4.79 Å². The summed E-state index contributed by atoms with van der Waals surface area (Å²) in [6.07, 6.45) is 2.08. The Hall–Kier alpha value is -0.0257. The molecule has 0 bridgehead atoms. The molecule has 0 aliphatic heterocycles. The molecule has 5 nitrogen and oxygen atoms in total. The van der Waals surface area contributed by atoms with Gasteiger partial charge in [-0.2, -0.15) is 6.42 Å². The Bertz CT molecular complexity index is 104. The van der Waals surface area contributed by atoms with E-state index >= 15 is 0 Å². The Morgan fingerprint density at radius 3 is 1.38 bits per heavy atom. The summed E-state index contributed by atoms with van der Waals surface area (Å²) in [6.45, 7) is 9.75. The maximum atomic E-state index is 9.24. The first-order chi connectivity index (χ1) is 7.16. The molecule has 0 aliphatic carbocycles. The van der Waals surface area contributed by atoms with E-state index in [1.807, 2.05) is 0 Å². The zero-order valence-electron chi connectivity index (χ0n) is 10.4. The average Bonchev–Trinajstić information content (AvgIpc) is 2.18. The molecule has 0 atom stereocenters. The number of carbonyl (C=O) groups excluding carboxylic acids is 1. The van der Waals surface area contributed by atoms with Crippen molar-refractivity contribution in [3.05, 3.63) is 6.92 Å². The zero-order valence-corrected chi connectivity index (χ0v) is 12.0. The Morgan fingerprint density at radius 1 is 1.06 bits per heavy atom. The third-order valence-electron chi connectivity index (χ3n) is 0.334. The minimum atomic E-state index is 0. The molecule has 98 valence electrons. The van der Waals surface area contributed by atoms with Gasteiger partial charge in [0.1, 0.15) is 0 Å². The number of hydrogen-bond acceptors (Lipinski definition) is 5. The number of aliphatic hydroxyl groups excluding tert-OH is 3. The molecule has 0 aromatic carbocycles. The summed E-state index contributed by atoms with van der Waals surface area (Å²) in [5.41, 5.74) is 0. The Balaban J connectivity index is -0.0000000353. The number of isocyanates is 1. The fourth-order valence-corrected chi connectivity index (χ4v) is 0.125. The molecule has 16 heavy (non-hydrogen) atoms.